The predicted molar refractivity (Wildman–Crippen MR) is 260 cm³/mol. The molecule has 5 rings (SSSR count). The van der Waals surface area contributed by atoms with E-state index in [2.05, 4.69) is 31.6 Å². The Kier molecular flexibility index (Phi) is 20.1. The van der Waals surface area contributed by atoms with Gasteiger partial charge in [0.2, 0.25) is 29.5 Å². The average Bonchev–Trinajstić information content (AvgIpc) is 3.32. The lowest BCUT2D eigenvalue weighted by molar-refractivity contribution is -0.134. The molecule has 0 saturated carbocycles. The van der Waals surface area contributed by atoms with Crippen LogP contribution < -0.4 is 38.1 Å². The molecule has 0 aliphatic carbocycles. The van der Waals surface area contributed by atoms with E-state index in [-0.39, 0.29) is 55.8 Å². The number of rotatable bonds is 25. The fraction of sp³-hybridized carbons (Fsp3) is 0.294. The van der Waals surface area contributed by atoms with E-state index in [4.69, 9.17) is 11.5 Å². The third kappa shape index (κ3) is 17.3. The number of guanidine groups is 1. The van der Waals surface area contributed by atoms with Gasteiger partial charge in [0.05, 0.1) is 6.42 Å². The topological polar surface area (TPSA) is 210 Å². The Labute approximate surface area is 386 Å². The van der Waals surface area contributed by atoms with Gasteiger partial charge < -0.3 is 38.1 Å². The van der Waals surface area contributed by atoms with Crippen molar-refractivity contribution in [2.24, 2.45) is 16.5 Å². The molecule has 65 heavy (non-hydrogen) atoms. The van der Waals surface area contributed by atoms with Crippen LogP contribution in [0, 0.1) is 0 Å². The number of hydrogen-bond acceptors (Lipinski definition) is 7. The van der Waals surface area contributed by atoms with Gasteiger partial charge in [-0.3, -0.25) is 29.0 Å². The molecule has 14 heteroatoms. The van der Waals surface area contributed by atoms with Crippen molar-refractivity contribution < 1.29 is 24.0 Å². The summed E-state index contributed by atoms with van der Waals surface area (Å²) in [6.07, 6.45) is 4.09. The minimum atomic E-state index is -1.14. The number of carbonyl (C=O) groups excluding carboxylic acids is 5. The third-order valence-corrected chi connectivity index (χ3v) is 11.3. The van der Waals surface area contributed by atoms with Gasteiger partial charge in [0, 0.05) is 31.7 Å². The highest BCUT2D eigenvalue weighted by molar-refractivity contribution is 7.98. The molecule has 0 aliphatic rings. The van der Waals surface area contributed by atoms with Crippen LogP contribution in [0.25, 0.3) is 11.1 Å². The van der Waals surface area contributed by atoms with Crippen LogP contribution in [0.2, 0.25) is 0 Å². The first kappa shape index (κ1) is 49.1. The molecule has 340 valence electrons. The zero-order valence-electron chi connectivity index (χ0n) is 36.8. The van der Waals surface area contributed by atoms with Crippen molar-refractivity contribution in [3.8, 4) is 11.1 Å². The van der Waals surface area contributed by atoms with E-state index < -0.39 is 41.9 Å². The molecule has 0 aliphatic heterocycles. The highest BCUT2D eigenvalue weighted by Gasteiger charge is 2.31. The summed E-state index contributed by atoms with van der Waals surface area (Å²) in [5.41, 5.74) is 16.7. The number of benzene rings is 5. The van der Waals surface area contributed by atoms with Gasteiger partial charge in [0.15, 0.2) is 5.96 Å². The van der Waals surface area contributed by atoms with Gasteiger partial charge in [-0.2, -0.15) is 11.8 Å². The molecule has 0 unspecified atom stereocenters. The van der Waals surface area contributed by atoms with Crippen molar-refractivity contribution in [2.75, 3.05) is 25.1 Å². The Balaban J connectivity index is 1.30. The number of nitrogens with zero attached hydrogens (tertiary/aromatic N) is 1. The summed E-state index contributed by atoms with van der Waals surface area (Å²) >= 11 is 1.37. The van der Waals surface area contributed by atoms with Crippen LogP contribution in [-0.4, -0.2) is 84.8 Å². The maximum absolute atomic E-state index is 14.3. The van der Waals surface area contributed by atoms with Crippen LogP contribution in [0.5, 0.6) is 0 Å². The highest BCUT2D eigenvalue weighted by Crippen LogP contribution is 2.19. The molecule has 5 aromatic carbocycles. The number of aryl methyl sites for hydroxylation is 1. The van der Waals surface area contributed by atoms with Crippen LogP contribution in [0.3, 0.4) is 0 Å². The van der Waals surface area contributed by atoms with Crippen molar-refractivity contribution in [2.45, 2.75) is 69.1 Å². The van der Waals surface area contributed by atoms with Crippen LogP contribution >= 0.6 is 11.8 Å². The maximum atomic E-state index is 14.3. The fourth-order valence-electron chi connectivity index (χ4n) is 7.21. The van der Waals surface area contributed by atoms with E-state index in [1.165, 1.54) is 11.8 Å². The minimum Gasteiger partial charge on any atom is -0.370 e. The first-order valence-electron chi connectivity index (χ1n) is 21.9. The molecule has 4 atom stereocenters. The molecule has 0 aromatic heterocycles. The lowest BCUT2D eigenvalue weighted by Crippen LogP contribution is -2.59. The molecular weight excluding hydrogens is 837 g/mol. The lowest BCUT2D eigenvalue weighted by Gasteiger charge is -2.27. The van der Waals surface area contributed by atoms with Gasteiger partial charge in [-0.05, 0) is 65.3 Å². The van der Waals surface area contributed by atoms with E-state index in [1.807, 2.05) is 152 Å². The summed E-state index contributed by atoms with van der Waals surface area (Å²) in [7, 11) is 0. The van der Waals surface area contributed by atoms with Gasteiger partial charge in [-0.25, -0.2) is 0 Å². The lowest BCUT2D eigenvalue weighted by atomic mass is 10.0. The summed E-state index contributed by atoms with van der Waals surface area (Å²) in [4.78, 5) is 73.8. The second-order valence-electron chi connectivity index (χ2n) is 15.7. The number of carbonyl (C=O) groups is 5. The molecule has 0 heterocycles. The molecule has 5 amide bonds. The summed E-state index contributed by atoms with van der Waals surface area (Å²) < 4.78 is 0. The smallest absolute Gasteiger partial charge is 0.244 e. The Morgan fingerprint density at radius 3 is 1.55 bits per heavy atom. The number of aliphatic imine (C=N–C) groups is 1. The minimum absolute atomic E-state index is 0.0446. The highest BCUT2D eigenvalue weighted by atomic mass is 32.2. The van der Waals surface area contributed by atoms with E-state index in [0.717, 1.165) is 39.8 Å². The second-order valence-corrected chi connectivity index (χ2v) is 16.6. The SMILES string of the molecule is CSC[C@@H](NC(=O)Cc1ccc(-c2ccccc2)cc1)C(=O)N[C@H](CCCN=C(N)N)C(=O)N[C@@H](Cc1ccccc1)C(=O)N[C@@H](Cc1ccccc1)C(=O)NCCCc1ccccc1. The molecule has 9 N–H and O–H groups in total. The Bertz CT molecular complexity index is 2280. The van der Waals surface area contributed by atoms with Gasteiger partial charge >= 0.3 is 0 Å². The van der Waals surface area contributed by atoms with Gasteiger partial charge in [-0.15, -0.1) is 0 Å². The standard InChI is InChI=1S/C51H60N8O5S/c1-65-35-45(56-46(60)34-39-26-28-41(29-27-39)40-23-12-5-13-24-40)50(64)57-42(25-15-31-55-51(52)53)48(62)59-44(33-38-20-10-4-11-21-38)49(63)58-43(32-37-18-8-3-9-19-37)47(61)54-30-14-22-36-16-6-2-7-17-36/h2-13,16-21,23-24,26-29,42-45H,14-15,22,25,30-35H2,1H3,(H,54,61)(H,56,60)(H,57,64)(H,58,63)(H,59,62)(H4,52,53,55)/t42-,43+,44+,45-/m1/s1. The van der Waals surface area contributed by atoms with Gasteiger partial charge in [0.1, 0.15) is 24.2 Å². The normalized spacial score (nSPS) is 12.6. The van der Waals surface area contributed by atoms with Crippen LogP contribution in [0.15, 0.2) is 151 Å². The monoisotopic (exact) mass is 896 g/mol. The summed E-state index contributed by atoms with van der Waals surface area (Å²) in [5, 5.41) is 14.5. The Morgan fingerprint density at radius 1 is 0.523 bits per heavy atom. The third-order valence-electron chi connectivity index (χ3n) is 10.6. The molecule has 0 saturated heterocycles. The van der Waals surface area contributed by atoms with Crippen molar-refractivity contribution in [1.82, 2.24) is 26.6 Å². The van der Waals surface area contributed by atoms with E-state index in [0.29, 0.717) is 19.4 Å². The first-order chi connectivity index (χ1) is 31.6. The summed E-state index contributed by atoms with van der Waals surface area (Å²) in [6, 6.07) is 42.0. The number of nitrogens with two attached hydrogens (primary N) is 2. The second kappa shape index (κ2) is 26.6. The van der Waals surface area contributed by atoms with Crippen molar-refractivity contribution in [3.63, 3.8) is 0 Å². The molecule has 0 fully saturated rings. The summed E-state index contributed by atoms with van der Waals surface area (Å²) in [5.74, 6) is -2.35. The molecule has 0 radical (unpaired) electrons. The molecule has 0 bridgehead atoms. The van der Waals surface area contributed by atoms with Gasteiger partial charge in [0.25, 0.3) is 0 Å². The zero-order valence-corrected chi connectivity index (χ0v) is 37.6. The predicted octanol–water partition coefficient (Wildman–Crippen LogP) is 4.49. The number of hydrogen-bond donors (Lipinski definition) is 7. The van der Waals surface area contributed by atoms with Gasteiger partial charge in [-0.1, -0.05) is 146 Å². The number of amides is 5. The van der Waals surface area contributed by atoms with E-state index >= 15 is 0 Å². The first-order valence-corrected chi connectivity index (χ1v) is 23.3. The largest absolute Gasteiger partial charge is 0.370 e. The van der Waals surface area contributed by atoms with Crippen LogP contribution in [-0.2, 0) is 49.7 Å². The Hall–Kier alpha value is -6.93. The zero-order chi connectivity index (χ0) is 46.2. The summed E-state index contributed by atoms with van der Waals surface area (Å²) in [6.45, 7) is 0.589. The average molecular weight is 897 g/mol. The van der Waals surface area contributed by atoms with E-state index in [1.54, 1.807) is 0 Å². The van der Waals surface area contributed by atoms with Crippen LogP contribution in [0.4, 0.5) is 0 Å². The van der Waals surface area contributed by atoms with Crippen molar-refractivity contribution >= 4 is 47.3 Å². The fourth-order valence-corrected chi connectivity index (χ4v) is 7.77. The number of thioether (sulfide) groups is 1. The quantitative estimate of drug-likeness (QED) is 0.0252. The number of nitrogens with one attached hydrogen (secondary N) is 5. The van der Waals surface area contributed by atoms with E-state index in [9.17, 15) is 24.0 Å². The Morgan fingerprint density at radius 2 is 1.00 bits per heavy atom. The molecule has 5 aromatic rings. The molecule has 13 nitrogen and oxygen atoms in total. The van der Waals surface area contributed by atoms with Crippen LogP contribution in [0.1, 0.15) is 41.5 Å². The maximum Gasteiger partial charge on any atom is 0.244 e. The molecular formula is C51H60N8O5S. The molecule has 0 spiro atoms. The van der Waals surface area contributed by atoms with Crippen molar-refractivity contribution in [1.29, 1.82) is 0 Å². The van der Waals surface area contributed by atoms with Crippen molar-refractivity contribution in [3.05, 3.63) is 168 Å².